The average molecular weight is 231 g/mol. The third-order valence-corrected chi connectivity index (χ3v) is 1.92. The molecule has 4 heteroatoms. The standard InChI is InChI=1S/C8H11BrN2O/c9-8-3-1-2-7(11-8)4-6(10)5-12/h1-3,6,12H,4-5,10H2. The summed E-state index contributed by atoms with van der Waals surface area (Å²) in [7, 11) is 0. The van der Waals surface area contributed by atoms with Crippen LogP contribution >= 0.6 is 15.9 Å². The summed E-state index contributed by atoms with van der Waals surface area (Å²) in [4.78, 5) is 4.19. The molecule has 1 unspecified atom stereocenters. The molecule has 1 rings (SSSR count). The highest BCUT2D eigenvalue weighted by Crippen LogP contribution is 2.07. The highest BCUT2D eigenvalue weighted by atomic mass is 79.9. The van der Waals surface area contributed by atoms with Crippen LogP contribution in [-0.4, -0.2) is 22.7 Å². The van der Waals surface area contributed by atoms with Crippen LogP contribution in [0.25, 0.3) is 0 Å². The van der Waals surface area contributed by atoms with Crippen molar-refractivity contribution in [2.45, 2.75) is 12.5 Å². The van der Waals surface area contributed by atoms with Gasteiger partial charge in [-0.2, -0.15) is 0 Å². The molecule has 1 heterocycles. The summed E-state index contributed by atoms with van der Waals surface area (Å²) in [5.74, 6) is 0. The molecule has 0 aliphatic rings. The number of hydrogen-bond donors (Lipinski definition) is 2. The van der Waals surface area contributed by atoms with Crippen molar-refractivity contribution in [3.63, 3.8) is 0 Å². The number of aromatic nitrogens is 1. The van der Waals surface area contributed by atoms with Crippen LogP contribution in [0.5, 0.6) is 0 Å². The van der Waals surface area contributed by atoms with E-state index in [9.17, 15) is 0 Å². The van der Waals surface area contributed by atoms with E-state index in [0.717, 1.165) is 10.3 Å². The van der Waals surface area contributed by atoms with Gasteiger partial charge < -0.3 is 10.8 Å². The summed E-state index contributed by atoms with van der Waals surface area (Å²) in [6.45, 7) is -0.00576. The van der Waals surface area contributed by atoms with E-state index in [0.29, 0.717) is 6.42 Å². The summed E-state index contributed by atoms with van der Waals surface area (Å²) in [5, 5.41) is 8.70. The summed E-state index contributed by atoms with van der Waals surface area (Å²) >= 11 is 3.26. The van der Waals surface area contributed by atoms with E-state index in [1.165, 1.54) is 0 Å². The number of aliphatic hydroxyl groups excluding tert-OH is 1. The minimum absolute atomic E-state index is 0.00576. The quantitative estimate of drug-likeness (QED) is 0.753. The van der Waals surface area contributed by atoms with Gasteiger partial charge in [-0.25, -0.2) is 4.98 Å². The second-order valence-electron chi connectivity index (χ2n) is 2.60. The minimum Gasteiger partial charge on any atom is -0.395 e. The van der Waals surface area contributed by atoms with Crippen molar-refractivity contribution in [3.8, 4) is 0 Å². The lowest BCUT2D eigenvalue weighted by Gasteiger charge is -2.06. The number of halogens is 1. The summed E-state index contributed by atoms with van der Waals surface area (Å²) in [6, 6.07) is 5.43. The summed E-state index contributed by atoms with van der Waals surface area (Å²) in [5.41, 5.74) is 6.44. The molecule has 0 aliphatic carbocycles. The first-order valence-corrected chi connectivity index (χ1v) is 4.49. The maximum Gasteiger partial charge on any atom is 0.106 e. The Morgan fingerprint density at radius 2 is 2.33 bits per heavy atom. The molecule has 0 fully saturated rings. The van der Waals surface area contributed by atoms with Gasteiger partial charge in [-0.05, 0) is 28.1 Å². The van der Waals surface area contributed by atoms with Crippen LogP contribution < -0.4 is 5.73 Å². The van der Waals surface area contributed by atoms with E-state index < -0.39 is 0 Å². The fourth-order valence-electron chi connectivity index (χ4n) is 0.897. The van der Waals surface area contributed by atoms with Gasteiger partial charge >= 0.3 is 0 Å². The topological polar surface area (TPSA) is 59.1 Å². The number of hydrogen-bond acceptors (Lipinski definition) is 3. The first-order valence-electron chi connectivity index (χ1n) is 3.70. The Balaban J connectivity index is 2.63. The lowest BCUT2D eigenvalue weighted by atomic mass is 10.2. The van der Waals surface area contributed by atoms with Crippen molar-refractivity contribution in [2.75, 3.05) is 6.61 Å². The third-order valence-electron chi connectivity index (χ3n) is 1.48. The molecule has 0 aliphatic heterocycles. The smallest absolute Gasteiger partial charge is 0.106 e. The number of pyridine rings is 1. The van der Waals surface area contributed by atoms with Gasteiger partial charge in [0, 0.05) is 18.2 Å². The summed E-state index contributed by atoms with van der Waals surface area (Å²) in [6.07, 6.45) is 0.607. The Hall–Kier alpha value is -0.450. The van der Waals surface area contributed by atoms with E-state index in [1.54, 1.807) is 0 Å². The highest BCUT2D eigenvalue weighted by molar-refractivity contribution is 9.10. The van der Waals surface area contributed by atoms with Crippen LogP contribution in [0.15, 0.2) is 22.8 Å². The number of nitrogens with two attached hydrogens (primary N) is 1. The fraction of sp³-hybridized carbons (Fsp3) is 0.375. The van der Waals surface area contributed by atoms with Gasteiger partial charge in [-0.3, -0.25) is 0 Å². The number of nitrogens with zero attached hydrogens (tertiary/aromatic N) is 1. The molecule has 12 heavy (non-hydrogen) atoms. The molecule has 0 bridgehead atoms. The molecule has 0 amide bonds. The lowest BCUT2D eigenvalue weighted by molar-refractivity contribution is 0.264. The van der Waals surface area contributed by atoms with Crippen molar-refractivity contribution in [2.24, 2.45) is 5.73 Å². The SMILES string of the molecule is NC(CO)Cc1cccc(Br)n1. The predicted octanol–water partition coefficient (Wildman–Crippen LogP) is 0.706. The van der Waals surface area contributed by atoms with Crippen LogP contribution in [-0.2, 0) is 6.42 Å². The van der Waals surface area contributed by atoms with Crippen LogP contribution in [0.3, 0.4) is 0 Å². The maximum atomic E-state index is 8.70. The Kier molecular flexibility index (Phi) is 3.65. The van der Waals surface area contributed by atoms with Gasteiger partial charge in [-0.15, -0.1) is 0 Å². The molecule has 3 N–H and O–H groups in total. The molecular formula is C8H11BrN2O. The molecule has 1 aromatic heterocycles. The van der Waals surface area contributed by atoms with Crippen LogP contribution in [0, 0.1) is 0 Å². The third kappa shape index (κ3) is 2.89. The molecule has 0 aromatic carbocycles. The molecule has 0 spiro atoms. The van der Waals surface area contributed by atoms with Gasteiger partial charge in [0.2, 0.25) is 0 Å². The second kappa shape index (κ2) is 4.54. The van der Waals surface area contributed by atoms with Crippen molar-refractivity contribution < 1.29 is 5.11 Å². The zero-order valence-corrected chi connectivity index (χ0v) is 8.16. The van der Waals surface area contributed by atoms with Crippen molar-refractivity contribution in [1.82, 2.24) is 4.98 Å². The lowest BCUT2D eigenvalue weighted by Crippen LogP contribution is -2.27. The first kappa shape index (κ1) is 9.64. The molecular weight excluding hydrogens is 220 g/mol. The van der Waals surface area contributed by atoms with Crippen LogP contribution in [0.1, 0.15) is 5.69 Å². The molecule has 1 atom stereocenters. The van der Waals surface area contributed by atoms with E-state index in [-0.39, 0.29) is 12.6 Å². The average Bonchev–Trinajstić information content (AvgIpc) is 2.04. The Labute approximate surface area is 79.7 Å². The monoisotopic (exact) mass is 230 g/mol. The molecule has 1 aromatic rings. The Morgan fingerprint density at radius 1 is 1.58 bits per heavy atom. The van der Waals surface area contributed by atoms with Gasteiger partial charge in [0.25, 0.3) is 0 Å². The molecule has 0 saturated carbocycles. The van der Waals surface area contributed by atoms with Crippen molar-refractivity contribution >= 4 is 15.9 Å². The van der Waals surface area contributed by atoms with Crippen LogP contribution in [0.4, 0.5) is 0 Å². The second-order valence-corrected chi connectivity index (χ2v) is 3.41. The van der Waals surface area contributed by atoms with E-state index in [2.05, 4.69) is 20.9 Å². The van der Waals surface area contributed by atoms with Gasteiger partial charge in [0.15, 0.2) is 0 Å². The molecule has 0 saturated heterocycles. The fourth-order valence-corrected chi connectivity index (χ4v) is 1.28. The largest absolute Gasteiger partial charge is 0.395 e. The normalized spacial score (nSPS) is 12.9. The van der Waals surface area contributed by atoms with E-state index >= 15 is 0 Å². The highest BCUT2D eigenvalue weighted by Gasteiger charge is 2.02. The van der Waals surface area contributed by atoms with E-state index in [1.807, 2.05) is 18.2 Å². The maximum absolute atomic E-state index is 8.70. The van der Waals surface area contributed by atoms with Gasteiger partial charge in [0.1, 0.15) is 4.60 Å². The van der Waals surface area contributed by atoms with Crippen LogP contribution in [0.2, 0.25) is 0 Å². The van der Waals surface area contributed by atoms with Gasteiger partial charge in [-0.1, -0.05) is 6.07 Å². The minimum atomic E-state index is -0.216. The predicted molar refractivity (Wildman–Crippen MR) is 50.7 cm³/mol. The van der Waals surface area contributed by atoms with Crippen molar-refractivity contribution in [3.05, 3.63) is 28.5 Å². The zero-order valence-electron chi connectivity index (χ0n) is 6.57. The Morgan fingerprint density at radius 3 is 2.92 bits per heavy atom. The summed E-state index contributed by atoms with van der Waals surface area (Å²) < 4.78 is 0.796. The van der Waals surface area contributed by atoms with Gasteiger partial charge in [0.05, 0.1) is 6.61 Å². The zero-order chi connectivity index (χ0) is 8.97. The first-order chi connectivity index (χ1) is 5.72. The van der Waals surface area contributed by atoms with E-state index in [4.69, 9.17) is 10.8 Å². The molecule has 0 radical (unpaired) electrons. The number of aliphatic hydroxyl groups is 1. The van der Waals surface area contributed by atoms with Crippen molar-refractivity contribution in [1.29, 1.82) is 0 Å². The molecule has 3 nitrogen and oxygen atoms in total. The molecule has 66 valence electrons. The Bertz CT molecular complexity index is 255. The number of rotatable bonds is 3.